The van der Waals surface area contributed by atoms with Crippen molar-refractivity contribution in [3.8, 4) is 23.7 Å². The van der Waals surface area contributed by atoms with Crippen LogP contribution in [-0.4, -0.2) is 69.5 Å². The second kappa shape index (κ2) is 9.75. The molecule has 0 bridgehead atoms. The van der Waals surface area contributed by atoms with Crippen LogP contribution in [0.3, 0.4) is 0 Å². The minimum absolute atomic E-state index is 0.168. The Morgan fingerprint density at radius 1 is 1.17 bits per heavy atom. The largest absolute Gasteiger partial charge is 0.391 e. The molecule has 1 aliphatic heterocycles. The fourth-order valence-corrected chi connectivity index (χ4v) is 3.44. The highest BCUT2D eigenvalue weighted by Gasteiger charge is 2.38. The molecule has 30 heavy (non-hydrogen) atoms. The molecule has 1 aromatic rings. The predicted molar refractivity (Wildman–Crippen MR) is 108 cm³/mol. The molecule has 8 nitrogen and oxygen atoms in total. The zero-order valence-electron chi connectivity index (χ0n) is 16.6. The number of carbonyl (C=O) groups is 2. The van der Waals surface area contributed by atoms with Gasteiger partial charge in [-0.05, 0) is 55.9 Å². The van der Waals surface area contributed by atoms with Crippen LogP contribution >= 0.6 is 0 Å². The van der Waals surface area contributed by atoms with Crippen LogP contribution in [0.5, 0.6) is 0 Å². The number of nitrogens with one attached hydrogen (secondary N) is 2. The number of likely N-dealkylation sites (tertiary alicyclic amines) is 1. The standard InChI is InChI=1S/C22H25N3O5/c1-14(26)20(22(29)24-30)23-21(28)17-8-6-15(7-9-17)4-2-3-5-16-10-18(11-16)25-12-19(27)13-25/h6-9,14,16,18-20,26-27,30H,10-13H2,1H3,(H,23,28)(H,24,29)/t14-,16?,18?,20?/m1/s1. The van der Waals surface area contributed by atoms with Gasteiger partial charge in [-0.2, -0.15) is 0 Å². The lowest BCUT2D eigenvalue weighted by Gasteiger charge is -2.47. The van der Waals surface area contributed by atoms with Crippen LogP contribution < -0.4 is 10.8 Å². The summed E-state index contributed by atoms with van der Waals surface area (Å²) in [6.45, 7) is 2.87. The minimum atomic E-state index is -1.27. The minimum Gasteiger partial charge on any atom is -0.391 e. The summed E-state index contributed by atoms with van der Waals surface area (Å²) >= 11 is 0. The average Bonchev–Trinajstić information content (AvgIpc) is 2.68. The van der Waals surface area contributed by atoms with Crippen molar-refractivity contribution in [3.63, 3.8) is 0 Å². The van der Waals surface area contributed by atoms with Gasteiger partial charge in [0.05, 0.1) is 12.2 Å². The van der Waals surface area contributed by atoms with E-state index >= 15 is 0 Å². The lowest BCUT2D eigenvalue weighted by atomic mass is 9.78. The third-order valence-corrected chi connectivity index (χ3v) is 5.37. The topological polar surface area (TPSA) is 122 Å². The van der Waals surface area contributed by atoms with Crippen LogP contribution in [0, 0.1) is 29.6 Å². The Bertz CT molecular complexity index is 895. The summed E-state index contributed by atoms with van der Waals surface area (Å²) < 4.78 is 0. The van der Waals surface area contributed by atoms with E-state index in [9.17, 15) is 19.8 Å². The van der Waals surface area contributed by atoms with Gasteiger partial charge in [-0.1, -0.05) is 11.8 Å². The third-order valence-electron chi connectivity index (χ3n) is 5.37. The van der Waals surface area contributed by atoms with E-state index in [2.05, 4.69) is 33.9 Å². The van der Waals surface area contributed by atoms with E-state index in [-0.39, 0.29) is 6.10 Å². The van der Waals surface area contributed by atoms with Gasteiger partial charge in [-0.3, -0.25) is 19.7 Å². The second-order valence-electron chi connectivity index (χ2n) is 7.69. The van der Waals surface area contributed by atoms with Gasteiger partial charge in [0.25, 0.3) is 11.8 Å². The summed E-state index contributed by atoms with van der Waals surface area (Å²) in [4.78, 5) is 26.0. The molecule has 1 unspecified atom stereocenters. The zero-order chi connectivity index (χ0) is 21.7. The highest BCUT2D eigenvalue weighted by atomic mass is 16.5. The Hall–Kier alpha value is -2.88. The number of benzene rings is 1. The molecular formula is C22H25N3O5. The van der Waals surface area contributed by atoms with Gasteiger partial charge in [0, 0.05) is 36.2 Å². The number of β-amino-alcohol motifs (C(OH)–C–C–N with tert-alkyl or cyclic N) is 1. The number of aliphatic hydroxyl groups excluding tert-OH is 2. The molecule has 1 saturated heterocycles. The van der Waals surface area contributed by atoms with Gasteiger partial charge >= 0.3 is 0 Å². The van der Waals surface area contributed by atoms with Gasteiger partial charge in [-0.25, -0.2) is 5.48 Å². The van der Waals surface area contributed by atoms with Crippen LogP contribution in [0.4, 0.5) is 0 Å². The first-order chi connectivity index (χ1) is 14.4. The molecule has 1 aliphatic carbocycles. The summed E-state index contributed by atoms with van der Waals surface area (Å²) in [7, 11) is 0. The summed E-state index contributed by atoms with van der Waals surface area (Å²) in [6.07, 6.45) is 0.700. The summed E-state index contributed by atoms with van der Waals surface area (Å²) in [5, 5.41) is 30.0. The Morgan fingerprint density at radius 2 is 1.83 bits per heavy atom. The van der Waals surface area contributed by atoms with E-state index in [1.54, 1.807) is 24.3 Å². The molecule has 2 fully saturated rings. The van der Waals surface area contributed by atoms with Gasteiger partial charge in [0.1, 0.15) is 6.04 Å². The maximum atomic E-state index is 12.2. The molecule has 158 valence electrons. The Labute approximate surface area is 175 Å². The monoisotopic (exact) mass is 411 g/mol. The van der Waals surface area contributed by atoms with Gasteiger partial charge in [0.15, 0.2) is 0 Å². The molecule has 1 aromatic carbocycles. The molecule has 0 spiro atoms. The molecular weight excluding hydrogens is 386 g/mol. The average molecular weight is 411 g/mol. The summed E-state index contributed by atoms with van der Waals surface area (Å²) in [5.74, 6) is 10.7. The van der Waals surface area contributed by atoms with Crippen molar-refractivity contribution in [2.45, 2.75) is 44.1 Å². The van der Waals surface area contributed by atoms with Crippen molar-refractivity contribution in [3.05, 3.63) is 35.4 Å². The number of hydrogen-bond donors (Lipinski definition) is 5. The van der Waals surface area contributed by atoms with Crippen molar-refractivity contribution in [2.24, 2.45) is 5.92 Å². The molecule has 2 atom stereocenters. The molecule has 8 heteroatoms. The van der Waals surface area contributed by atoms with Crippen molar-refractivity contribution in [2.75, 3.05) is 13.1 Å². The van der Waals surface area contributed by atoms with Crippen molar-refractivity contribution < 1.29 is 25.0 Å². The normalized spacial score (nSPS) is 22.7. The fraction of sp³-hybridized carbons (Fsp3) is 0.455. The molecule has 3 rings (SSSR count). The number of amides is 2. The van der Waals surface area contributed by atoms with Gasteiger partial charge < -0.3 is 15.5 Å². The van der Waals surface area contributed by atoms with Crippen LogP contribution in [0.2, 0.25) is 0 Å². The summed E-state index contributed by atoms with van der Waals surface area (Å²) in [6, 6.07) is 5.72. The SMILES string of the molecule is C[C@@H](O)C(NC(=O)c1ccc(C#CC#CC2CC(N3CC(O)C3)C2)cc1)C(=O)NO. The quantitative estimate of drug-likeness (QED) is 0.253. The van der Waals surface area contributed by atoms with Crippen LogP contribution in [0.25, 0.3) is 0 Å². The van der Waals surface area contributed by atoms with E-state index in [1.807, 2.05) is 0 Å². The van der Waals surface area contributed by atoms with Gasteiger partial charge in [-0.15, -0.1) is 0 Å². The number of nitrogens with zero attached hydrogens (tertiary/aromatic N) is 1. The Kier molecular flexibility index (Phi) is 7.09. The van der Waals surface area contributed by atoms with E-state index in [0.717, 1.165) is 25.9 Å². The van der Waals surface area contributed by atoms with Crippen molar-refractivity contribution in [1.82, 2.24) is 15.7 Å². The lowest BCUT2D eigenvalue weighted by molar-refractivity contribution is -0.133. The number of hydrogen-bond acceptors (Lipinski definition) is 6. The molecule has 0 radical (unpaired) electrons. The van der Waals surface area contributed by atoms with Crippen LogP contribution in [-0.2, 0) is 4.79 Å². The Balaban J connectivity index is 1.48. The molecule has 2 aliphatic rings. The number of carbonyl (C=O) groups excluding carboxylic acids is 2. The fourth-order valence-electron chi connectivity index (χ4n) is 3.44. The van der Waals surface area contributed by atoms with Crippen LogP contribution in [0.15, 0.2) is 24.3 Å². The van der Waals surface area contributed by atoms with E-state index in [4.69, 9.17) is 5.21 Å². The van der Waals surface area contributed by atoms with Crippen molar-refractivity contribution in [1.29, 1.82) is 0 Å². The highest BCUT2D eigenvalue weighted by molar-refractivity contribution is 5.97. The first-order valence-corrected chi connectivity index (χ1v) is 9.84. The smallest absolute Gasteiger partial charge is 0.268 e. The molecule has 1 saturated carbocycles. The second-order valence-corrected chi connectivity index (χ2v) is 7.69. The molecule has 2 amide bonds. The first-order valence-electron chi connectivity index (χ1n) is 9.84. The third kappa shape index (κ3) is 5.38. The number of aliphatic hydroxyl groups is 2. The Morgan fingerprint density at radius 3 is 2.40 bits per heavy atom. The van der Waals surface area contributed by atoms with E-state index in [0.29, 0.717) is 23.1 Å². The van der Waals surface area contributed by atoms with Gasteiger partial charge in [0.2, 0.25) is 0 Å². The number of hydroxylamine groups is 1. The lowest BCUT2D eigenvalue weighted by Crippen LogP contribution is -2.58. The zero-order valence-corrected chi connectivity index (χ0v) is 16.6. The summed E-state index contributed by atoms with van der Waals surface area (Å²) in [5.41, 5.74) is 2.40. The van der Waals surface area contributed by atoms with Crippen LogP contribution in [0.1, 0.15) is 35.7 Å². The molecule has 5 N–H and O–H groups in total. The predicted octanol–water partition coefficient (Wildman–Crippen LogP) is -0.519. The highest BCUT2D eigenvalue weighted by Crippen LogP contribution is 2.33. The first kappa shape index (κ1) is 21.8. The van der Waals surface area contributed by atoms with E-state index in [1.165, 1.54) is 12.4 Å². The maximum Gasteiger partial charge on any atom is 0.268 e. The number of rotatable bonds is 5. The van der Waals surface area contributed by atoms with Crippen molar-refractivity contribution >= 4 is 11.8 Å². The molecule has 0 aromatic heterocycles. The van der Waals surface area contributed by atoms with E-state index < -0.39 is 24.0 Å². The maximum absolute atomic E-state index is 12.2. The molecule has 1 heterocycles.